The fourth-order valence-electron chi connectivity index (χ4n) is 2.92. The molecule has 1 fully saturated rings. The number of carbonyl (C=O) groups excluding carboxylic acids is 2. The molecule has 0 radical (unpaired) electrons. The Bertz CT molecular complexity index is 762. The summed E-state index contributed by atoms with van der Waals surface area (Å²) in [7, 11) is 0. The second-order valence-corrected chi connectivity index (χ2v) is 6.65. The van der Waals surface area contributed by atoms with Crippen molar-refractivity contribution in [1.82, 2.24) is 10.2 Å². The number of nitrogens with zero attached hydrogens (tertiary/aromatic N) is 3. The fraction of sp³-hybridized carbons (Fsp3) is 0.500. The van der Waals surface area contributed by atoms with Crippen molar-refractivity contribution in [3.63, 3.8) is 0 Å². The average molecular weight is 408 g/mol. The number of rotatable bonds is 6. The van der Waals surface area contributed by atoms with Crippen LogP contribution < -0.4 is 10.2 Å². The smallest absolute Gasteiger partial charge is 0.338 e. The number of nitro benzene ring substituents is 1. The van der Waals surface area contributed by atoms with Gasteiger partial charge in [-0.2, -0.15) is 0 Å². The number of ether oxygens (including phenoxy) is 1. The Labute approximate surface area is 168 Å². The summed E-state index contributed by atoms with van der Waals surface area (Å²) in [4.78, 5) is 38.3. The highest BCUT2D eigenvalue weighted by molar-refractivity contribution is 7.80. The van der Waals surface area contributed by atoms with E-state index in [2.05, 4.69) is 5.32 Å². The van der Waals surface area contributed by atoms with E-state index in [1.807, 2.05) is 16.7 Å². The van der Waals surface area contributed by atoms with Crippen LogP contribution in [-0.4, -0.2) is 59.6 Å². The third kappa shape index (κ3) is 5.38. The van der Waals surface area contributed by atoms with Crippen molar-refractivity contribution >= 4 is 40.6 Å². The second-order valence-electron chi connectivity index (χ2n) is 6.26. The van der Waals surface area contributed by atoms with Gasteiger partial charge in [-0.1, -0.05) is 6.92 Å². The minimum Gasteiger partial charge on any atom is -0.462 e. The Morgan fingerprint density at radius 2 is 1.93 bits per heavy atom. The molecule has 1 aromatic carbocycles. The van der Waals surface area contributed by atoms with Crippen LogP contribution in [0.15, 0.2) is 18.2 Å². The molecule has 0 aromatic heterocycles. The molecular formula is C18H24N4O5S. The molecule has 1 aliphatic heterocycles. The summed E-state index contributed by atoms with van der Waals surface area (Å²) in [5.74, 6) is -0.699. The molecule has 1 saturated heterocycles. The van der Waals surface area contributed by atoms with Crippen molar-refractivity contribution in [2.75, 3.05) is 37.7 Å². The minimum atomic E-state index is -0.588. The number of carbonyl (C=O) groups is 2. The molecule has 2 rings (SSSR count). The number of anilines is 1. The summed E-state index contributed by atoms with van der Waals surface area (Å²) < 4.78 is 4.91. The highest BCUT2D eigenvalue weighted by Gasteiger charge is 2.26. The zero-order valence-corrected chi connectivity index (χ0v) is 16.8. The van der Waals surface area contributed by atoms with Gasteiger partial charge in [0.15, 0.2) is 5.11 Å². The van der Waals surface area contributed by atoms with Crippen molar-refractivity contribution in [2.24, 2.45) is 0 Å². The van der Waals surface area contributed by atoms with Crippen LogP contribution in [0, 0.1) is 10.1 Å². The van der Waals surface area contributed by atoms with Crippen LogP contribution in [0.1, 0.15) is 37.0 Å². The highest BCUT2D eigenvalue weighted by Crippen LogP contribution is 2.30. The Hall–Kier alpha value is -2.75. The van der Waals surface area contributed by atoms with E-state index >= 15 is 0 Å². The number of hydrogen-bond donors (Lipinski definition) is 1. The van der Waals surface area contributed by atoms with Gasteiger partial charge in [-0.3, -0.25) is 14.9 Å². The van der Waals surface area contributed by atoms with Gasteiger partial charge >= 0.3 is 5.97 Å². The van der Waals surface area contributed by atoms with Crippen molar-refractivity contribution in [2.45, 2.75) is 26.7 Å². The van der Waals surface area contributed by atoms with Crippen molar-refractivity contribution in [3.05, 3.63) is 33.9 Å². The van der Waals surface area contributed by atoms with E-state index in [4.69, 9.17) is 17.0 Å². The van der Waals surface area contributed by atoms with Crippen LogP contribution in [0.25, 0.3) is 0 Å². The van der Waals surface area contributed by atoms with Gasteiger partial charge in [0.05, 0.1) is 17.1 Å². The molecule has 10 heteroatoms. The predicted octanol–water partition coefficient (Wildman–Crippen LogP) is 2.09. The number of piperazine rings is 1. The molecule has 1 N–H and O–H groups in total. The summed E-state index contributed by atoms with van der Waals surface area (Å²) in [6.07, 6.45) is 1.16. The third-order valence-corrected chi connectivity index (χ3v) is 4.67. The average Bonchev–Trinajstić information content (AvgIpc) is 2.68. The molecule has 0 aliphatic carbocycles. The molecule has 0 atom stereocenters. The van der Waals surface area contributed by atoms with Gasteiger partial charge in [0.2, 0.25) is 5.91 Å². The van der Waals surface area contributed by atoms with E-state index in [0.717, 1.165) is 6.42 Å². The Balaban J connectivity index is 2.07. The van der Waals surface area contributed by atoms with Crippen LogP contribution in [0.2, 0.25) is 0 Å². The number of thiocarbonyl (C=S) groups is 1. The first-order valence-electron chi connectivity index (χ1n) is 9.16. The highest BCUT2D eigenvalue weighted by atomic mass is 32.1. The standard InChI is InChI=1S/C18H24N4O5S/c1-3-5-16(23)19-18(28)21-10-8-20(9-11-21)14-7-6-13(17(24)27-4-2)12-15(14)22(25)26/h6-7,12H,3-5,8-11H2,1-2H3,(H,19,23,28). The monoisotopic (exact) mass is 408 g/mol. The molecule has 0 spiro atoms. The maximum Gasteiger partial charge on any atom is 0.338 e. The van der Waals surface area contributed by atoms with Crippen LogP contribution in [0.3, 0.4) is 0 Å². The number of esters is 1. The maximum atomic E-state index is 11.8. The first-order valence-corrected chi connectivity index (χ1v) is 9.57. The third-order valence-electron chi connectivity index (χ3n) is 4.31. The zero-order chi connectivity index (χ0) is 20.7. The topological polar surface area (TPSA) is 105 Å². The molecule has 152 valence electrons. The number of amides is 1. The van der Waals surface area contributed by atoms with E-state index in [1.54, 1.807) is 13.0 Å². The van der Waals surface area contributed by atoms with E-state index in [9.17, 15) is 19.7 Å². The van der Waals surface area contributed by atoms with E-state index in [0.29, 0.717) is 43.4 Å². The van der Waals surface area contributed by atoms with Crippen LogP contribution in [0.4, 0.5) is 11.4 Å². The lowest BCUT2D eigenvalue weighted by Gasteiger charge is -2.37. The van der Waals surface area contributed by atoms with Crippen LogP contribution in [-0.2, 0) is 9.53 Å². The number of nitro groups is 1. The molecule has 0 unspecified atom stereocenters. The molecule has 1 aromatic rings. The number of nitrogens with one attached hydrogen (secondary N) is 1. The molecule has 0 bridgehead atoms. The van der Waals surface area contributed by atoms with Crippen molar-refractivity contribution < 1.29 is 19.2 Å². The molecule has 9 nitrogen and oxygen atoms in total. The molecule has 0 saturated carbocycles. The molecule has 1 heterocycles. The first kappa shape index (κ1) is 21.5. The summed E-state index contributed by atoms with van der Waals surface area (Å²) in [6, 6.07) is 4.35. The normalized spacial score (nSPS) is 13.8. The maximum absolute atomic E-state index is 11.8. The van der Waals surface area contributed by atoms with E-state index in [1.165, 1.54) is 12.1 Å². The first-order chi connectivity index (χ1) is 13.4. The molecule has 28 heavy (non-hydrogen) atoms. The second kappa shape index (κ2) is 9.98. The lowest BCUT2D eigenvalue weighted by Crippen LogP contribution is -2.52. The van der Waals surface area contributed by atoms with E-state index < -0.39 is 10.9 Å². The SMILES string of the molecule is CCCC(=O)NC(=S)N1CCN(c2ccc(C(=O)OCC)cc2[N+](=O)[O-])CC1. The number of benzene rings is 1. The molecule has 1 aliphatic rings. The summed E-state index contributed by atoms with van der Waals surface area (Å²) in [5, 5.41) is 14.6. The molecular weight excluding hydrogens is 384 g/mol. The van der Waals surface area contributed by atoms with Gasteiger partial charge < -0.3 is 19.9 Å². The predicted molar refractivity (Wildman–Crippen MR) is 108 cm³/mol. The fourth-order valence-corrected chi connectivity index (χ4v) is 3.21. The summed E-state index contributed by atoms with van der Waals surface area (Å²) in [6.45, 7) is 5.86. The van der Waals surface area contributed by atoms with Gasteiger partial charge in [-0.05, 0) is 37.7 Å². The number of hydrogen-bond acceptors (Lipinski definition) is 7. The Kier molecular flexibility index (Phi) is 7.68. The lowest BCUT2D eigenvalue weighted by atomic mass is 10.1. The van der Waals surface area contributed by atoms with Gasteiger partial charge in [-0.25, -0.2) is 4.79 Å². The summed E-state index contributed by atoms with van der Waals surface area (Å²) >= 11 is 5.27. The summed E-state index contributed by atoms with van der Waals surface area (Å²) in [5.41, 5.74) is 0.451. The quantitative estimate of drug-likeness (QED) is 0.330. The Morgan fingerprint density at radius 3 is 2.50 bits per heavy atom. The molecule has 1 amide bonds. The van der Waals surface area contributed by atoms with Gasteiger partial charge in [0.25, 0.3) is 5.69 Å². The Morgan fingerprint density at radius 1 is 1.25 bits per heavy atom. The van der Waals surface area contributed by atoms with E-state index in [-0.39, 0.29) is 23.8 Å². The van der Waals surface area contributed by atoms with Crippen LogP contribution >= 0.6 is 12.2 Å². The van der Waals surface area contributed by atoms with Gasteiger partial charge in [-0.15, -0.1) is 0 Å². The lowest BCUT2D eigenvalue weighted by molar-refractivity contribution is -0.384. The van der Waals surface area contributed by atoms with Crippen LogP contribution in [0.5, 0.6) is 0 Å². The largest absolute Gasteiger partial charge is 0.462 e. The van der Waals surface area contributed by atoms with Gasteiger partial charge in [0.1, 0.15) is 5.69 Å². The van der Waals surface area contributed by atoms with Crippen molar-refractivity contribution in [1.29, 1.82) is 0 Å². The zero-order valence-electron chi connectivity index (χ0n) is 16.0. The van der Waals surface area contributed by atoms with Crippen molar-refractivity contribution in [3.8, 4) is 0 Å². The minimum absolute atomic E-state index is 0.111. The van der Waals surface area contributed by atoms with Gasteiger partial charge in [0, 0.05) is 38.7 Å².